The molecule has 1 aromatic carbocycles. The van der Waals surface area contributed by atoms with Crippen molar-refractivity contribution < 1.29 is 9.59 Å². The van der Waals surface area contributed by atoms with Crippen molar-refractivity contribution in [1.82, 2.24) is 25.4 Å². The lowest BCUT2D eigenvalue weighted by Crippen LogP contribution is -2.40. The number of aryl methyl sites for hydroxylation is 1. The van der Waals surface area contributed by atoms with Crippen LogP contribution in [0.1, 0.15) is 34.5 Å². The van der Waals surface area contributed by atoms with E-state index in [-0.39, 0.29) is 30.4 Å². The molecule has 24 heavy (non-hydrogen) atoms. The SMILES string of the molecule is Cc1nc(C2CC(NC(=O)c3ccccc3)CN2C(=O)CN)n[nH]1. The Labute approximate surface area is 139 Å². The van der Waals surface area contributed by atoms with E-state index in [2.05, 4.69) is 20.5 Å². The summed E-state index contributed by atoms with van der Waals surface area (Å²) in [6.45, 7) is 2.11. The Bertz CT molecular complexity index is 729. The molecule has 2 aromatic rings. The van der Waals surface area contributed by atoms with Gasteiger partial charge in [0.15, 0.2) is 5.82 Å². The van der Waals surface area contributed by atoms with Gasteiger partial charge in [0.1, 0.15) is 5.82 Å². The third kappa shape index (κ3) is 3.28. The zero-order chi connectivity index (χ0) is 17.1. The van der Waals surface area contributed by atoms with Gasteiger partial charge < -0.3 is 16.0 Å². The molecule has 2 atom stereocenters. The quantitative estimate of drug-likeness (QED) is 0.738. The van der Waals surface area contributed by atoms with Crippen LogP contribution in [0.5, 0.6) is 0 Å². The van der Waals surface area contributed by atoms with Gasteiger partial charge in [-0.3, -0.25) is 14.7 Å². The van der Waals surface area contributed by atoms with Gasteiger partial charge in [-0.15, -0.1) is 0 Å². The summed E-state index contributed by atoms with van der Waals surface area (Å²) in [7, 11) is 0. The molecule has 0 bridgehead atoms. The lowest BCUT2D eigenvalue weighted by Gasteiger charge is -2.21. The van der Waals surface area contributed by atoms with Crippen LogP contribution < -0.4 is 11.1 Å². The highest BCUT2D eigenvalue weighted by atomic mass is 16.2. The number of benzene rings is 1. The first-order valence-corrected chi connectivity index (χ1v) is 7.83. The molecule has 8 nitrogen and oxygen atoms in total. The van der Waals surface area contributed by atoms with E-state index in [4.69, 9.17) is 5.73 Å². The van der Waals surface area contributed by atoms with Crippen molar-refractivity contribution >= 4 is 11.8 Å². The van der Waals surface area contributed by atoms with Gasteiger partial charge in [-0.25, -0.2) is 4.98 Å². The van der Waals surface area contributed by atoms with Crippen LogP contribution in [0, 0.1) is 6.92 Å². The summed E-state index contributed by atoms with van der Waals surface area (Å²) in [4.78, 5) is 30.4. The van der Waals surface area contributed by atoms with Gasteiger partial charge in [0, 0.05) is 18.2 Å². The van der Waals surface area contributed by atoms with Crippen molar-refractivity contribution in [2.75, 3.05) is 13.1 Å². The second-order valence-electron chi connectivity index (χ2n) is 5.82. The fraction of sp³-hybridized carbons (Fsp3) is 0.375. The van der Waals surface area contributed by atoms with Crippen LogP contribution in [0.2, 0.25) is 0 Å². The fourth-order valence-corrected chi connectivity index (χ4v) is 2.95. The highest BCUT2D eigenvalue weighted by Crippen LogP contribution is 2.30. The number of H-pyrrole nitrogens is 1. The third-order valence-corrected chi connectivity index (χ3v) is 4.08. The molecule has 1 aliphatic heterocycles. The molecule has 2 unspecified atom stereocenters. The van der Waals surface area contributed by atoms with E-state index in [1.54, 1.807) is 24.0 Å². The molecule has 0 radical (unpaired) electrons. The maximum absolute atomic E-state index is 12.3. The van der Waals surface area contributed by atoms with Crippen LogP contribution in [0.25, 0.3) is 0 Å². The minimum Gasteiger partial charge on any atom is -0.347 e. The van der Waals surface area contributed by atoms with E-state index in [1.807, 2.05) is 18.2 Å². The van der Waals surface area contributed by atoms with Gasteiger partial charge >= 0.3 is 0 Å². The van der Waals surface area contributed by atoms with Crippen LogP contribution in [0.3, 0.4) is 0 Å². The van der Waals surface area contributed by atoms with Crippen LogP contribution in [0.4, 0.5) is 0 Å². The number of nitrogens with one attached hydrogen (secondary N) is 2. The second-order valence-corrected chi connectivity index (χ2v) is 5.82. The average molecular weight is 328 g/mol. The van der Waals surface area contributed by atoms with Gasteiger partial charge in [-0.1, -0.05) is 18.2 Å². The Morgan fingerprint density at radius 1 is 1.38 bits per heavy atom. The van der Waals surface area contributed by atoms with Gasteiger partial charge in [0.2, 0.25) is 5.91 Å². The first kappa shape index (κ1) is 16.1. The Morgan fingerprint density at radius 2 is 2.12 bits per heavy atom. The molecule has 0 spiro atoms. The zero-order valence-electron chi connectivity index (χ0n) is 13.4. The summed E-state index contributed by atoms with van der Waals surface area (Å²) in [5.41, 5.74) is 6.10. The Balaban J connectivity index is 1.74. The Kier molecular flexibility index (Phi) is 4.57. The maximum atomic E-state index is 12.3. The number of carbonyl (C=O) groups is 2. The minimum atomic E-state index is -0.285. The summed E-state index contributed by atoms with van der Waals surface area (Å²) in [6.07, 6.45) is 0.557. The van der Waals surface area contributed by atoms with Crippen LogP contribution in [-0.2, 0) is 4.79 Å². The summed E-state index contributed by atoms with van der Waals surface area (Å²) in [5.74, 6) is 0.888. The lowest BCUT2D eigenvalue weighted by atomic mass is 10.1. The van der Waals surface area contributed by atoms with E-state index in [1.165, 1.54) is 0 Å². The molecule has 1 aromatic heterocycles. The molecule has 1 fully saturated rings. The molecule has 4 N–H and O–H groups in total. The van der Waals surface area contributed by atoms with Gasteiger partial charge in [0.05, 0.1) is 12.6 Å². The summed E-state index contributed by atoms with van der Waals surface area (Å²) in [6, 6.07) is 8.53. The van der Waals surface area contributed by atoms with Gasteiger partial charge in [-0.05, 0) is 25.5 Å². The molecule has 8 heteroatoms. The minimum absolute atomic E-state index is 0.0841. The maximum Gasteiger partial charge on any atom is 0.251 e. The van der Waals surface area contributed by atoms with Crippen molar-refractivity contribution in [2.24, 2.45) is 5.73 Å². The van der Waals surface area contributed by atoms with E-state index >= 15 is 0 Å². The monoisotopic (exact) mass is 328 g/mol. The molecule has 2 amide bonds. The number of likely N-dealkylation sites (tertiary alicyclic amines) is 1. The highest BCUT2D eigenvalue weighted by molar-refractivity contribution is 5.94. The van der Waals surface area contributed by atoms with Crippen molar-refractivity contribution in [2.45, 2.75) is 25.4 Å². The fourth-order valence-electron chi connectivity index (χ4n) is 2.95. The van der Waals surface area contributed by atoms with Crippen molar-refractivity contribution in [1.29, 1.82) is 0 Å². The standard InChI is InChI=1S/C16H20N6O2/c1-10-18-15(21-20-10)13-7-12(9-22(13)14(23)8-17)19-16(24)11-5-3-2-4-6-11/h2-6,12-13H,7-9,17H2,1H3,(H,19,24)(H,18,20,21). The largest absolute Gasteiger partial charge is 0.347 e. The molecular weight excluding hydrogens is 308 g/mol. The first-order valence-electron chi connectivity index (χ1n) is 7.83. The highest BCUT2D eigenvalue weighted by Gasteiger charge is 2.38. The number of hydrogen-bond acceptors (Lipinski definition) is 5. The Morgan fingerprint density at radius 3 is 2.75 bits per heavy atom. The predicted molar refractivity (Wildman–Crippen MR) is 86.9 cm³/mol. The molecule has 0 saturated carbocycles. The number of rotatable bonds is 4. The molecule has 2 heterocycles. The molecule has 1 saturated heterocycles. The smallest absolute Gasteiger partial charge is 0.251 e. The molecule has 0 aliphatic carbocycles. The van der Waals surface area contributed by atoms with Crippen molar-refractivity contribution in [3.05, 3.63) is 47.5 Å². The number of nitrogens with zero attached hydrogens (tertiary/aromatic N) is 3. The van der Waals surface area contributed by atoms with Gasteiger partial charge in [-0.2, -0.15) is 5.10 Å². The van der Waals surface area contributed by atoms with Crippen LogP contribution in [0.15, 0.2) is 30.3 Å². The molecular formula is C16H20N6O2. The normalized spacial score (nSPS) is 20.2. The van der Waals surface area contributed by atoms with Gasteiger partial charge in [0.25, 0.3) is 5.91 Å². The summed E-state index contributed by atoms with van der Waals surface area (Å²) in [5, 5.41) is 9.91. The number of aromatic amines is 1. The first-order chi connectivity index (χ1) is 11.6. The van der Waals surface area contributed by atoms with E-state index in [9.17, 15) is 9.59 Å². The number of hydrogen-bond donors (Lipinski definition) is 3. The van der Waals surface area contributed by atoms with Crippen molar-refractivity contribution in [3.8, 4) is 0 Å². The van der Waals surface area contributed by atoms with E-state index in [0.717, 1.165) is 0 Å². The lowest BCUT2D eigenvalue weighted by molar-refractivity contribution is -0.130. The topological polar surface area (TPSA) is 117 Å². The summed E-state index contributed by atoms with van der Waals surface area (Å²) >= 11 is 0. The summed E-state index contributed by atoms with van der Waals surface area (Å²) < 4.78 is 0. The van der Waals surface area contributed by atoms with E-state index in [0.29, 0.717) is 30.2 Å². The van der Waals surface area contributed by atoms with E-state index < -0.39 is 0 Å². The van der Waals surface area contributed by atoms with Crippen LogP contribution >= 0.6 is 0 Å². The third-order valence-electron chi connectivity index (χ3n) is 4.08. The zero-order valence-corrected chi connectivity index (χ0v) is 13.4. The average Bonchev–Trinajstić information content (AvgIpc) is 3.21. The Hall–Kier alpha value is -2.74. The number of nitrogens with two attached hydrogens (primary N) is 1. The number of aromatic nitrogens is 3. The molecule has 3 rings (SSSR count). The molecule has 126 valence electrons. The predicted octanol–water partition coefficient (Wildman–Crippen LogP) is 0.144. The molecule has 1 aliphatic rings. The van der Waals surface area contributed by atoms with Crippen molar-refractivity contribution in [3.63, 3.8) is 0 Å². The second kappa shape index (κ2) is 6.79. The number of carbonyl (C=O) groups excluding carboxylic acids is 2. The number of amides is 2. The van der Waals surface area contributed by atoms with Crippen LogP contribution in [-0.4, -0.2) is 51.0 Å².